The first-order chi connectivity index (χ1) is 11.5. The van der Waals surface area contributed by atoms with Crippen molar-refractivity contribution in [2.24, 2.45) is 4.99 Å². The molecule has 24 heavy (non-hydrogen) atoms. The minimum Gasteiger partial charge on any atom is -0.618 e. The van der Waals surface area contributed by atoms with E-state index in [4.69, 9.17) is 28.0 Å². The van der Waals surface area contributed by atoms with Crippen LogP contribution in [0.1, 0.15) is 11.3 Å². The van der Waals surface area contributed by atoms with Gasteiger partial charge in [-0.25, -0.2) is 10.1 Å². The van der Waals surface area contributed by atoms with E-state index in [9.17, 15) is 5.21 Å². The average Bonchev–Trinajstić information content (AvgIpc) is 2.97. The van der Waals surface area contributed by atoms with Crippen LogP contribution in [0.5, 0.6) is 0 Å². The second-order valence-electron chi connectivity index (χ2n) is 5.33. The van der Waals surface area contributed by atoms with Gasteiger partial charge in [0.2, 0.25) is 11.7 Å². The van der Waals surface area contributed by atoms with E-state index in [1.165, 1.54) is 6.20 Å². The monoisotopic (exact) mass is 366 g/mol. The lowest BCUT2D eigenvalue weighted by Crippen LogP contribution is -2.35. The van der Waals surface area contributed by atoms with Crippen molar-refractivity contribution in [2.75, 3.05) is 13.1 Å². The SMILES string of the molecule is Cc1ccc(CON2CCNC2=Nc2c(Cl)cccc2Cl)[n+]([O-])c1. The highest BCUT2D eigenvalue weighted by atomic mass is 35.5. The first-order valence-corrected chi connectivity index (χ1v) is 8.16. The molecule has 1 fully saturated rings. The van der Waals surface area contributed by atoms with Gasteiger partial charge in [0, 0.05) is 18.2 Å². The molecule has 0 aliphatic carbocycles. The summed E-state index contributed by atoms with van der Waals surface area (Å²) in [5, 5.41) is 17.5. The largest absolute Gasteiger partial charge is 0.618 e. The summed E-state index contributed by atoms with van der Waals surface area (Å²) in [4.78, 5) is 10.2. The first kappa shape index (κ1) is 16.8. The number of hydroxylamine groups is 2. The molecule has 8 heteroatoms. The number of aryl methyl sites for hydroxylation is 1. The zero-order valence-corrected chi connectivity index (χ0v) is 14.5. The van der Waals surface area contributed by atoms with E-state index >= 15 is 0 Å². The lowest BCUT2D eigenvalue weighted by molar-refractivity contribution is -0.617. The summed E-state index contributed by atoms with van der Waals surface area (Å²) >= 11 is 12.3. The number of nitrogens with zero attached hydrogens (tertiary/aromatic N) is 3. The standard InChI is InChI=1S/C16H16Cl2N4O2/c1-11-5-6-12(21(23)9-11)10-24-22-8-7-19-16(22)20-15-13(17)3-2-4-14(15)18/h2-6,9H,7-8,10H2,1H3,(H,19,20). The van der Waals surface area contributed by atoms with Gasteiger partial charge in [-0.15, -0.1) is 0 Å². The molecule has 0 unspecified atom stereocenters. The highest BCUT2D eigenvalue weighted by molar-refractivity contribution is 6.38. The highest BCUT2D eigenvalue weighted by Crippen LogP contribution is 2.33. The number of para-hydroxylation sites is 1. The van der Waals surface area contributed by atoms with Crippen LogP contribution in [-0.2, 0) is 11.4 Å². The fraction of sp³-hybridized carbons (Fsp3) is 0.250. The molecule has 1 aromatic heterocycles. The zero-order chi connectivity index (χ0) is 17.1. The Morgan fingerprint density at radius 2 is 2.04 bits per heavy atom. The van der Waals surface area contributed by atoms with Gasteiger partial charge in [-0.1, -0.05) is 29.3 Å². The third-order valence-electron chi connectivity index (χ3n) is 3.50. The predicted octanol–water partition coefficient (Wildman–Crippen LogP) is 2.96. The Hall–Kier alpha value is -2.02. The molecule has 1 aromatic carbocycles. The van der Waals surface area contributed by atoms with Crippen LogP contribution in [0.15, 0.2) is 41.5 Å². The molecule has 3 rings (SSSR count). The van der Waals surface area contributed by atoms with E-state index in [-0.39, 0.29) is 6.61 Å². The molecule has 2 aromatic rings. The van der Waals surface area contributed by atoms with E-state index < -0.39 is 0 Å². The summed E-state index contributed by atoms with van der Waals surface area (Å²) in [7, 11) is 0. The van der Waals surface area contributed by atoms with Crippen LogP contribution in [0, 0.1) is 12.1 Å². The van der Waals surface area contributed by atoms with E-state index in [0.29, 0.717) is 40.5 Å². The summed E-state index contributed by atoms with van der Waals surface area (Å²) < 4.78 is 0.806. The van der Waals surface area contributed by atoms with Gasteiger partial charge in [-0.05, 0) is 25.1 Å². The normalized spacial score (nSPS) is 15.8. The number of pyridine rings is 1. The fourth-order valence-corrected chi connectivity index (χ4v) is 2.74. The predicted molar refractivity (Wildman–Crippen MR) is 93.2 cm³/mol. The second kappa shape index (κ2) is 7.25. The number of hydrogen-bond donors (Lipinski definition) is 1. The maximum atomic E-state index is 11.8. The number of aliphatic imine (C=N–C) groups is 1. The Bertz CT molecular complexity index is 762. The smallest absolute Gasteiger partial charge is 0.223 e. The first-order valence-electron chi connectivity index (χ1n) is 7.40. The van der Waals surface area contributed by atoms with Crippen LogP contribution in [0.25, 0.3) is 0 Å². The van der Waals surface area contributed by atoms with Crippen molar-refractivity contribution in [1.82, 2.24) is 10.4 Å². The second-order valence-corrected chi connectivity index (χ2v) is 6.15. The molecule has 1 N–H and O–H groups in total. The number of guanidine groups is 1. The van der Waals surface area contributed by atoms with Crippen molar-refractivity contribution in [3.63, 3.8) is 0 Å². The number of nitrogens with one attached hydrogen (secondary N) is 1. The highest BCUT2D eigenvalue weighted by Gasteiger charge is 2.21. The third kappa shape index (κ3) is 3.72. The number of aromatic nitrogens is 1. The maximum Gasteiger partial charge on any atom is 0.223 e. The third-order valence-corrected chi connectivity index (χ3v) is 4.11. The molecule has 1 aliphatic heterocycles. The van der Waals surface area contributed by atoms with Gasteiger partial charge >= 0.3 is 0 Å². The topological polar surface area (TPSA) is 63.8 Å². The van der Waals surface area contributed by atoms with Gasteiger partial charge in [-0.2, -0.15) is 4.73 Å². The summed E-state index contributed by atoms with van der Waals surface area (Å²) in [5.74, 6) is 0.509. The van der Waals surface area contributed by atoms with E-state index in [1.54, 1.807) is 29.3 Å². The van der Waals surface area contributed by atoms with Gasteiger partial charge in [0.15, 0.2) is 12.8 Å². The maximum absolute atomic E-state index is 11.8. The van der Waals surface area contributed by atoms with Crippen molar-refractivity contribution in [3.8, 4) is 0 Å². The van der Waals surface area contributed by atoms with Crippen molar-refractivity contribution in [2.45, 2.75) is 13.5 Å². The van der Waals surface area contributed by atoms with Gasteiger partial charge < -0.3 is 10.5 Å². The molecular weight excluding hydrogens is 351 g/mol. The molecule has 126 valence electrons. The van der Waals surface area contributed by atoms with Crippen LogP contribution in [0.3, 0.4) is 0 Å². The molecule has 1 aliphatic rings. The number of benzene rings is 1. The van der Waals surface area contributed by atoms with Gasteiger partial charge in [-0.3, -0.25) is 4.84 Å². The molecule has 0 atom stereocenters. The van der Waals surface area contributed by atoms with Crippen LogP contribution in [-0.4, -0.2) is 24.1 Å². The average molecular weight is 367 g/mol. The minimum atomic E-state index is 0.140. The summed E-state index contributed by atoms with van der Waals surface area (Å²) in [6.07, 6.45) is 1.51. The molecule has 6 nitrogen and oxygen atoms in total. The van der Waals surface area contributed by atoms with E-state index in [1.807, 2.05) is 13.0 Å². The van der Waals surface area contributed by atoms with Gasteiger partial charge in [0.05, 0.1) is 16.6 Å². The minimum absolute atomic E-state index is 0.140. The Balaban J connectivity index is 1.75. The molecule has 2 heterocycles. The van der Waals surface area contributed by atoms with E-state index in [2.05, 4.69) is 10.3 Å². The summed E-state index contributed by atoms with van der Waals surface area (Å²) in [5.41, 5.74) is 1.89. The fourth-order valence-electron chi connectivity index (χ4n) is 2.25. The molecular formula is C16H16Cl2N4O2. The van der Waals surface area contributed by atoms with Crippen molar-refractivity contribution in [1.29, 1.82) is 0 Å². The molecule has 1 saturated heterocycles. The Morgan fingerprint density at radius 3 is 2.75 bits per heavy atom. The molecule has 0 saturated carbocycles. The molecule has 0 amide bonds. The van der Waals surface area contributed by atoms with Crippen LogP contribution in [0.2, 0.25) is 10.0 Å². The van der Waals surface area contributed by atoms with Crippen LogP contribution >= 0.6 is 23.2 Å². The van der Waals surface area contributed by atoms with Gasteiger partial charge in [0.1, 0.15) is 5.69 Å². The molecule has 0 radical (unpaired) electrons. The molecule has 0 bridgehead atoms. The van der Waals surface area contributed by atoms with Crippen molar-refractivity contribution >= 4 is 34.8 Å². The van der Waals surface area contributed by atoms with Crippen LogP contribution < -0.4 is 10.0 Å². The number of halogens is 2. The number of hydrogen-bond acceptors (Lipinski definition) is 3. The molecule has 0 spiro atoms. The van der Waals surface area contributed by atoms with Crippen molar-refractivity contribution in [3.05, 3.63) is 63.0 Å². The van der Waals surface area contributed by atoms with Gasteiger partial charge in [0.25, 0.3) is 0 Å². The Labute approximate surface area is 149 Å². The zero-order valence-electron chi connectivity index (χ0n) is 13.0. The quantitative estimate of drug-likeness (QED) is 0.667. The number of rotatable bonds is 4. The summed E-state index contributed by atoms with van der Waals surface area (Å²) in [6, 6.07) is 8.82. The summed E-state index contributed by atoms with van der Waals surface area (Å²) in [6.45, 7) is 3.28. The lowest BCUT2D eigenvalue weighted by Gasteiger charge is -2.17. The Morgan fingerprint density at radius 1 is 1.29 bits per heavy atom. The van der Waals surface area contributed by atoms with Crippen molar-refractivity contribution < 1.29 is 9.57 Å². The Kier molecular flexibility index (Phi) is 5.08. The van der Waals surface area contributed by atoms with Crippen LogP contribution in [0.4, 0.5) is 5.69 Å². The van der Waals surface area contributed by atoms with E-state index in [0.717, 1.165) is 10.3 Å². The lowest BCUT2D eigenvalue weighted by atomic mass is 10.3.